The summed E-state index contributed by atoms with van der Waals surface area (Å²) < 4.78 is 5.81. The predicted molar refractivity (Wildman–Crippen MR) is 80.8 cm³/mol. The van der Waals surface area contributed by atoms with E-state index in [2.05, 4.69) is 31.4 Å². The third-order valence-corrected chi connectivity index (χ3v) is 3.62. The van der Waals surface area contributed by atoms with Gasteiger partial charge < -0.3 is 15.4 Å². The molecule has 1 saturated heterocycles. The number of ether oxygens (including phenoxy) is 1. The first-order chi connectivity index (χ1) is 9.47. The van der Waals surface area contributed by atoms with Gasteiger partial charge in [-0.05, 0) is 24.0 Å². The lowest BCUT2D eigenvalue weighted by molar-refractivity contribution is 0.00782. The number of carbonyl (C=O) groups excluding carboxylic acids is 1. The molecule has 4 nitrogen and oxygen atoms in total. The molecule has 20 heavy (non-hydrogen) atoms. The number of nitrogens with one attached hydrogen (secondary N) is 2. The van der Waals surface area contributed by atoms with Crippen molar-refractivity contribution >= 4 is 11.7 Å². The van der Waals surface area contributed by atoms with Crippen LogP contribution in [0.1, 0.15) is 27.2 Å². The summed E-state index contributed by atoms with van der Waals surface area (Å²) in [6.45, 7) is 7.98. The van der Waals surface area contributed by atoms with Gasteiger partial charge >= 0.3 is 6.03 Å². The van der Waals surface area contributed by atoms with Crippen LogP contribution in [0.3, 0.4) is 0 Å². The smallest absolute Gasteiger partial charge is 0.319 e. The van der Waals surface area contributed by atoms with Gasteiger partial charge in [-0.25, -0.2) is 4.79 Å². The van der Waals surface area contributed by atoms with E-state index in [1.807, 2.05) is 30.3 Å². The van der Waals surface area contributed by atoms with Gasteiger partial charge in [0.05, 0.1) is 6.10 Å². The summed E-state index contributed by atoms with van der Waals surface area (Å²) in [6.07, 6.45) is 1.22. The predicted octanol–water partition coefficient (Wildman–Crippen LogP) is 3.26. The van der Waals surface area contributed by atoms with Gasteiger partial charge in [-0.1, -0.05) is 39.0 Å². The van der Waals surface area contributed by atoms with Gasteiger partial charge in [0.1, 0.15) is 0 Å². The Labute approximate surface area is 120 Å². The number of amides is 2. The minimum absolute atomic E-state index is 0.110. The minimum Gasteiger partial charge on any atom is -0.377 e. The van der Waals surface area contributed by atoms with Crippen molar-refractivity contribution in [3.63, 3.8) is 0 Å². The number of benzene rings is 1. The van der Waals surface area contributed by atoms with Crippen LogP contribution in [-0.4, -0.2) is 25.3 Å². The van der Waals surface area contributed by atoms with Crippen LogP contribution in [-0.2, 0) is 4.74 Å². The highest BCUT2D eigenvalue weighted by atomic mass is 16.5. The Hall–Kier alpha value is -1.55. The topological polar surface area (TPSA) is 50.4 Å². The Morgan fingerprint density at radius 2 is 2.00 bits per heavy atom. The molecule has 2 atom stereocenters. The number of para-hydroxylation sites is 1. The van der Waals surface area contributed by atoms with Crippen LogP contribution in [0.2, 0.25) is 0 Å². The SMILES string of the molecule is CC(C)(C)[C@H]1OCC[C@@H]1CNC(=O)Nc1ccccc1. The third kappa shape index (κ3) is 3.97. The van der Waals surface area contributed by atoms with Gasteiger partial charge in [0, 0.05) is 24.8 Å². The highest BCUT2D eigenvalue weighted by Gasteiger charge is 2.37. The number of carbonyl (C=O) groups is 1. The fourth-order valence-electron chi connectivity index (χ4n) is 2.72. The molecule has 0 radical (unpaired) electrons. The summed E-state index contributed by atoms with van der Waals surface area (Å²) >= 11 is 0. The summed E-state index contributed by atoms with van der Waals surface area (Å²) in [5.41, 5.74) is 0.915. The van der Waals surface area contributed by atoms with Gasteiger partial charge in [-0.15, -0.1) is 0 Å². The lowest BCUT2D eigenvalue weighted by Crippen LogP contribution is -2.40. The molecule has 0 bridgehead atoms. The van der Waals surface area contributed by atoms with Crippen LogP contribution in [0.15, 0.2) is 30.3 Å². The third-order valence-electron chi connectivity index (χ3n) is 3.62. The van der Waals surface area contributed by atoms with Crippen molar-refractivity contribution in [1.29, 1.82) is 0 Å². The van der Waals surface area contributed by atoms with Crippen LogP contribution < -0.4 is 10.6 Å². The molecule has 1 heterocycles. The Morgan fingerprint density at radius 3 is 2.65 bits per heavy atom. The fourth-order valence-corrected chi connectivity index (χ4v) is 2.72. The number of urea groups is 1. The molecule has 110 valence electrons. The first-order valence-corrected chi connectivity index (χ1v) is 7.18. The van der Waals surface area contributed by atoms with E-state index in [1.165, 1.54) is 0 Å². The maximum absolute atomic E-state index is 11.9. The molecule has 0 unspecified atom stereocenters. The Bertz CT molecular complexity index is 440. The molecule has 2 rings (SSSR count). The van der Waals surface area contributed by atoms with Gasteiger partial charge in [0.2, 0.25) is 0 Å². The van der Waals surface area contributed by atoms with Gasteiger partial charge in [-0.3, -0.25) is 0 Å². The van der Waals surface area contributed by atoms with E-state index in [1.54, 1.807) is 0 Å². The van der Waals surface area contributed by atoms with E-state index in [0.29, 0.717) is 12.5 Å². The van der Waals surface area contributed by atoms with Gasteiger partial charge in [0.25, 0.3) is 0 Å². The Morgan fingerprint density at radius 1 is 1.30 bits per heavy atom. The normalized spacial score (nSPS) is 22.6. The molecule has 1 aliphatic rings. The molecular weight excluding hydrogens is 252 g/mol. The van der Waals surface area contributed by atoms with Crippen LogP contribution in [0.5, 0.6) is 0 Å². The standard InChI is InChI=1S/C16H24N2O2/c1-16(2,3)14-12(9-10-20-14)11-17-15(19)18-13-7-5-4-6-8-13/h4-8,12,14H,9-11H2,1-3H3,(H2,17,18,19)/t12-,14+/m1/s1. The maximum Gasteiger partial charge on any atom is 0.319 e. The van der Waals surface area contributed by atoms with E-state index in [9.17, 15) is 4.79 Å². The van der Waals surface area contributed by atoms with Crippen molar-refractivity contribution in [2.75, 3.05) is 18.5 Å². The molecule has 4 heteroatoms. The van der Waals surface area contributed by atoms with Crippen molar-refractivity contribution in [2.24, 2.45) is 11.3 Å². The second-order valence-electron chi connectivity index (χ2n) is 6.41. The van der Waals surface area contributed by atoms with Gasteiger partial charge in [0.15, 0.2) is 0 Å². The zero-order chi connectivity index (χ0) is 14.6. The summed E-state index contributed by atoms with van der Waals surface area (Å²) in [7, 11) is 0. The minimum atomic E-state index is -0.157. The zero-order valence-electron chi connectivity index (χ0n) is 12.5. The van der Waals surface area contributed by atoms with E-state index < -0.39 is 0 Å². The monoisotopic (exact) mass is 276 g/mol. The summed E-state index contributed by atoms with van der Waals surface area (Å²) in [4.78, 5) is 11.9. The van der Waals surface area contributed by atoms with Crippen molar-refractivity contribution in [1.82, 2.24) is 5.32 Å². The molecule has 2 N–H and O–H groups in total. The average molecular weight is 276 g/mol. The van der Waals surface area contributed by atoms with Gasteiger partial charge in [-0.2, -0.15) is 0 Å². The lowest BCUT2D eigenvalue weighted by Gasteiger charge is -2.31. The van der Waals surface area contributed by atoms with Crippen LogP contribution >= 0.6 is 0 Å². The molecule has 1 aromatic rings. The fraction of sp³-hybridized carbons (Fsp3) is 0.562. The first kappa shape index (κ1) is 14.9. The molecular formula is C16H24N2O2. The van der Waals surface area contributed by atoms with Crippen LogP contribution in [0, 0.1) is 11.3 Å². The number of hydrogen-bond acceptors (Lipinski definition) is 2. The second-order valence-corrected chi connectivity index (χ2v) is 6.41. The van der Waals surface area contributed by atoms with Crippen molar-refractivity contribution in [2.45, 2.75) is 33.3 Å². The number of rotatable bonds is 3. The molecule has 2 amide bonds. The molecule has 0 aliphatic carbocycles. The summed E-state index contributed by atoms with van der Waals surface area (Å²) in [5.74, 6) is 0.386. The van der Waals surface area contributed by atoms with E-state index >= 15 is 0 Å². The quantitative estimate of drug-likeness (QED) is 0.890. The largest absolute Gasteiger partial charge is 0.377 e. The first-order valence-electron chi connectivity index (χ1n) is 7.18. The lowest BCUT2D eigenvalue weighted by atomic mass is 9.81. The summed E-state index contributed by atoms with van der Waals surface area (Å²) in [6, 6.07) is 9.31. The zero-order valence-corrected chi connectivity index (χ0v) is 12.5. The Kier molecular flexibility index (Phi) is 4.65. The number of anilines is 1. The van der Waals surface area contributed by atoms with Crippen molar-refractivity contribution in [3.05, 3.63) is 30.3 Å². The number of hydrogen-bond donors (Lipinski definition) is 2. The van der Waals surface area contributed by atoms with Crippen LogP contribution in [0.4, 0.5) is 10.5 Å². The molecule has 0 saturated carbocycles. The Balaban J connectivity index is 1.81. The summed E-state index contributed by atoms with van der Waals surface area (Å²) in [5, 5.41) is 5.77. The maximum atomic E-state index is 11.9. The van der Waals surface area contributed by atoms with E-state index in [-0.39, 0.29) is 17.6 Å². The molecule has 1 aromatic carbocycles. The molecule has 0 spiro atoms. The molecule has 1 fully saturated rings. The highest BCUT2D eigenvalue weighted by molar-refractivity contribution is 5.89. The second kappa shape index (κ2) is 6.27. The van der Waals surface area contributed by atoms with E-state index in [4.69, 9.17) is 4.74 Å². The average Bonchev–Trinajstić information content (AvgIpc) is 2.86. The van der Waals surface area contributed by atoms with Crippen molar-refractivity contribution < 1.29 is 9.53 Å². The van der Waals surface area contributed by atoms with Crippen molar-refractivity contribution in [3.8, 4) is 0 Å². The van der Waals surface area contributed by atoms with Crippen LogP contribution in [0.25, 0.3) is 0 Å². The molecule has 0 aromatic heterocycles. The highest BCUT2D eigenvalue weighted by Crippen LogP contribution is 2.34. The van der Waals surface area contributed by atoms with E-state index in [0.717, 1.165) is 18.7 Å². The molecule has 1 aliphatic heterocycles.